The molecule has 1 saturated heterocycles. The summed E-state index contributed by atoms with van der Waals surface area (Å²) in [6.45, 7) is 0. The number of carbonyl (C=O) groups excluding carboxylic acids is 1. The molecule has 14 heavy (non-hydrogen) atoms. The lowest BCUT2D eigenvalue weighted by molar-refractivity contribution is -0.136. The minimum Gasteiger partial charge on any atom is -0.466 e. The van der Waals surface area contributed by atoms with E-state index in [1.165, 1.54) is 7.11 Å². The van der Waals surface area contributed by atoms with Crippen LogP contribution < -0.4 is 0 Å². The highest BCUT2D eigenvalue weighted by Crippen LogP contribution is 2.47. The van der Waals surface area contributed by atoms with E-state index in [0.717, 1.165) is 5.69 Å². The molecule has 1 aromatic heterocycles. The Bertz CT molecular complexity index is 437. The maximum Gasteiger partial charge on any atom is 0.336 e. The van der Waals surface area contributed by atoms with Crippen LogP contribution in [-0.2, 0) is 14.3 Å². The number of ether oxygens (including phenoxy) is 2. The highest BCUT2D eigenvalue weighted by atomic mass is 16.6. The van der Waals surface area contributed by atoms with Gasteiger partial charge in [0.25, 0.3) is 0 Å². The molecule has 2 unspecified atom stereocenters. The molecule has 3 rings (SSSR count). The van der Waals surface area contributed by atoms with Gasteiger partial charge in [-0.3, -0.25) is 0 Å². The number of esters is 1. The van der Waals surface area contributed by atoms with Crippen molar-refractivity contribution >= 4 is 12.0 Å². The zero-order valence-electron chi connectivity index (χ0n) is 7.35. The number of fused-ring (bicyclic) bond motifs is 3. The topological polar surface area (TPSA) is 80.4 Å². The number of nitrogens with one attached hydrogen (secondary N) is 1. The Morgan fingerprint density at radius 1 is 1.57 bits per heavy atom. The summed E-state index contributed by atoms with van der Waals surface area (Å²) in [5.41, 5.74) is 1.94. The second-order valence-electron chi connectivity index (χ2n) is 3.16. The number of H-pyrrole nitrogens is 1. The van der Waals surface area contributed by atoms with E-state index in [1.807, 2.05) is 0 Å². The standard InChI is InChI=1S/C8H7N3O3/c1-13-8(12)3-2-4-5(10-11-9-4)7-6(3)14-7/h2,6-7H,1H3,(H,9,10,11). The van der Waals surface area contributed by atoms with Crippen molar-refractivity contribution in [1.29, 1.82) is 0 Å². The van der Waals surface area contributed by atoms with Gasteiger partial charge in [0, 0.05) is 0 Å². The molecule has 6 nitrogen and oxygen atoms in total. The number of nitrogens with zero attached hydrogens (tertiary/aromatic N) is 2. The first-order chi connectivity index (χ1) is 6.81. The van der Waals surface area contributed by atoms with Gasteiger partial charge in [0.15, 0.2) is 0 Å². The van der Waals surface area contributed by atoms with E-state index in [2.05, 4.69) is 20.1 Å². The average Bonchev–Trinajstić information content (AvgIpc) is 2.87. The quantitative estimate of drug-likeness (QED) is 0.494. The van der Waals surface area contributed by atoms with Gasteiger partial charge < -0.3 is 9.47 Å². The summed E-state index contributed by atoms with van der Waals surface area (Å²) in [5, 5.41) is 10.3. The Kier molecular flexibility index (Phi) is 1.33. The molecule has 1 fully saturated rings. The summed E-state index contributed by atoms with van der Waals surface area (Å²) in [5.74, 6) is -0.369. The van der Waals surface area contributed by atoms with Crippen molar-refractivity contribution in [3.63, 3.8) is 0 Å². The SMILES string of the molecule is COC(=O)C1=Cc2n[nH]nc2C2OC12. The van der Waals surface area contributed by atoms with Crippen LogP contribution in [0.5, 0.6) is 0 Å². The molecular formula is C8H7N3O3. The number of hydrogen-bond donors (Lipinski definition) is 1. The summed E-state index contributed by atoms with van der Waals surface area (Å²) in [7, 11) is 1.35. The maximum absolute atomic E-state index is 11.3. The first-order valence-electron chi connectivity index (χ1n) is 4.17. The number of rotatable bonds is 1. The van der Waals surface area contributed by atoms with Crippen molar-refractivity contribution in [3.8, 4) is 0 Å². The Balaban J connectivity index is 2.07. The number of epoxide rings is 1. The molecule has 2 atom stereocenters. The fourth-order valence-corrected chi connectivity index (χ4v) is 1.64. The molecule has 2 heterocycles. The Hall–Kier alpha value is -1.69. The van der Waals surface area contributed by atoms with Crippen LogP contribution in [0.3, 0.4) is 0 Å². The fraction of sp³-hybridized carbons (Fsp3) is 0.375. The zero-order chi connectivity index (χ0) is 9.71. The molecule has 1 aliphatic carbocycles. The average molecular weight is 193 g/mol. The number of aromatic nitrogens is 3. The van der Waals surface area contributed by atoms with Crippen molar-refractivity contribution < 1.29 is 14.3 Å². The minimum absolute atomic E-state index is 0.122. The highest BCUT2D eigenvalue weighted by molar-refractivity contribution is 5.96. The van der Waals surface area contributed by atoms with E-state index in [1.54, 1.807) is 6.08 Å². The van der Waals surface area contributed by atoms with Gasteiger partial charge in [-0.25, -0.2) is 4.79 Å². The normalized spacial score (nSPS) is 27.4. The van der Waals surface area contributed by atoms with E-state index >= 15 is 0 Å². The van der Waals surface area contributed by atoms with E-state index in [9.17, 15) is 4.79 Å². The van der Waals surface area contributed by atoms with Gasteiger partial charge in [-0.15, -0.1) is 0 Å². The van der Waals surface area contributed by atoms with Crippen molar-refractivity contribution in [1.82, 2.24) is 15.4 Å². The number of carbonyl (C=O) groups is 1. The smallest absolute Gasteiger partial charge is 0.336 e. The van der Waals surface area contributed by atoms with Gasteiger partial charge in [0.05, 0.1) is 12.7 Å². The molecule has 0 spiro atoms. The van der Waals surface area contributed by atoms with Crippen molar-refractivity contribution in [2.45, 2.75) is 12.2 Å². The molecule has 0 radical (unpaired) electrons. The van der Waals surface area contributed by atoms with Crippen molar-refractivity contribution in [2.75, 3.05) is 7.11 Å². The lowest BCUT2D eigenvalue weighted by atomic mass is 10.0. The zero-order valence-corrected chi connectivity index (χ0v) is 7.35. The molecule has 0 saturated carbocycles. The van der Waals surface area contributed by atoms with Gasteiger partial charge in [-0.05, 0) is 6.08 Å². The summed E-state index contributed by atoms with van der Waals surface area (Å²) in [6, 6.07) is 0. The molecule has 1 aromatic rings. The highest BCUT2D eigenvalue weighted by Gasteiger charge is 2.51. The van der Waals surface area contributed by atoms with Gasteiger partial charge in [-0.2, -0.15) is 15.4 Å². The summed E-state index contributed by atoms with van der Waals surface area (Å²) >= 11 is 0. The monoisotopic (exact) mass is 193 g/mol. The van der Waals surface area contributed by atoms with E-state index in [-0.39, 0.29) is 18.2 Å². The second kappa shape index (κ2) is 2.42. The van der Waals surface area contributed by atoms with Gasteiger partial charge >= 0.3 is 5.97 Å². The maximum atomic E-state index is 11.3. The van der Waals surface area contributed by atoms with Gasteiger partial charge in [0.2, 0.25) is 0 Å². The number of aromatic amines is 1. The molecule has 1 N–H and O–H groups in total. The van der Waals surface area contributed by atoms with E-state index in [0.29, 0.717) is 11.3 Å². The Morgan fingerprint density at radius 3 is 3.21 bits per heavy atom. The van der Waals surface area contributed by atoms with Crippen LogP contribution in [0.15, 0.2) is 5.57 Å². The van der Waals surface area contributed by atoms with E-state index in [4.69, 9.17) is 4.74 Å². The second-order valence-corrected chi connectivity index (χ2v) is 3.16. The molecule has 6 heteroatoms. The van der Waals surface area contributed by atoms with Crippen molar-refractivity contribution in [3.05, 3.63) is 17.0 Å². The molecule has 72 valence electrons. The molecule has 0 aromatic carbocycles. The number of hydrogen-bond acceptors (Lipinski definition) is 5. The van der Waals surface area contributed by atoms with Crippen molar-refractivity contribution in [2.24, 2.45) is 0 Å². The fourth-order valence-electron chi connectivity index (χ4n) is 1.64. The van der Waals surface area contributed by atoms with Crippen LogP contribution in [0.1, 0.15) is 17.5 Å². The lowest BCUT2D eigenvalue weighted by Crippen LogP contribution is -2.13. The lowest BCUT2D eigenvalue weighted by Gasteiger charge is -2.04. The number of methoxy groups -OCH3 is 1. The summed E-state index contributed by atoms with van der Waals surface area (Å²) in [4.78, 5) is 11.3. The third kappa shape index (κ3) is 0.856. The molecule has 1 aliphatic heterocycles. The molecule has 0 amide bonds. The molecule has 0 bridgehead atoms. The van der Waals surface area contributed by atoms with Crippen LogP contribution in [-0.4, -0.2) is 34.6 Å². The molecule has 2 aliphatic rings. The third-order valence-corrected chi connectivity index (χ3v) is 2.38. The first kappa shape index (κ1) is 7.69. The third-order valence-electron chi connectivity index (χ3n) is 2.38. The van der Waals surface area contributed by atoms with Crippen LogP contribution in [0, 0.1) is 0 Å². The predicted molar refractivity (Wildman–Crippen MR) is 44.0 cm³/mol. The van der Waals surface area contributed by atoms with Crippen LogP contribution in [0.2, 0.25) is 0 Å². The largest absolute Gasteiger partial charge is 0.466 e. The summed E-state index contributed by atoms with van der Waals surface area (Å²) < 4.78 is 9.94. The summed E-state index contributed by atoms with van der Waals surface area (Å²) in [6.07, 6.45) is 1.33. The van der Waals surface area contributed by atoms with Gasteiger partial charge in [-0.1, -0.05) is 0 Å². The van der Waals surface area contributed by atoms with E-state index < -0.39 is 0 Å². The Labute approximate surface area is 78.9 Å². The first-order valence-corrected chi connectivity index (χ1v) is 4.17. The van der Waals surface area contributed by atoms with Gasteiger partial charge in [0.1, 0.15) is 23.6 Å². The predicted octanol–water partition coefficient (Wildman–Crippen LogP) is -0.185. The van der Waals surface area contributed by atoms with Crippen LogP contribution in [0.25, 0.3) is 6.08 Å². The molecular weight excluding hydrogens is 186 g/mol. The van der Waals surface area contributed by atoms with Crippen LogP contribution >= 0.6 is 0 Å². The van der Waals surface area contributed by atoms with Crippen LogP contribution in [0.4, 0.5) is 0 Å². The minimum atomic E-state index is -0.369. The Morgan fingerprint density at radius 2 is 2.43 bits per heavy atom.